The smallest absolute Gasteiger partial charge is 0.336 e. The molecule has 0 aliphatic heterocycles. The number of halogens is 1. The Morgan fingerprint density at radius 2 is 1.12 bits per heavy atom. The molecule has 0 aliphatic carbocycles. The molecule has 0 bridgehead atoms. The molecule has 2 N–H and O–H groups in total. The van der Waals surface area contributed by atoms with Gasteiger partial charge in [0.15, 0.2) is 0 Å². The number of carboxylic acids is 2. The second-order valence-electron chi connectivity index (χ2n) is 3.32. The van der Waals surface area contributed by atoms with Gasteiger partial charge in [-0.3, -0.25) is 0 Å². The lowest BCUT2D eigenvalue weighted by Crippen LogP contribution is -2.02. The van der Waals surface area contributed by atoms with Crippen molar-refractivity contribution in [1.82, 2.24) is 0 Å². The van der Waals surface area contributed by atoms with Crippen LogP contribution in [0.1, 0.15) is 20.7 Å². The molecule has 0 saturated heterocycles. The van der Waals surface area contributed by atoms with Crippen molar-refractivity contribution in [3.05, 3.63) is 47.5 Å². The zero-order valence-corrected chi connectivity index (χ0v) is 9.40. The monoisotopic (exact) mass is 252 g/mol. The summed E-state index contributed by atoms with van der Waals surface area (Å²) in [7, 11) is 0. The van der Waals surface area contributed by atoms with Crippen molar-refractivity contribution in [1.29, 1.82) is 0 Å². The molecular weight excluding hydrogens is 244 g/mol. The van der Waals surface area contributed by atoms with Gasteiger partial charge in [0.2, 0.25) is 0 Å². The SMILES string of the molecule is Cl.O=C(O)c1ccc(C(=O)O)c2ccccc12. The molecule has 2 aromatic rings. The highest BCUT2D eigenvalue weighted by Gasteiger charge is 2.13. The minimum absolute atomic E-state index is 0. The first-order valence-electron chi connectivity index (χ1n) is 4.59. The number of carboxylic acid groups (broad SMARTS) is 2. The molecule has 0 unspecified atom stereocenters. The maximum atomic E-state index is 10.9. The van der Waals surface area contributed by atoms with Crippen LogP contribution in [0.2, 0.25) is 0 Å². The molecule has 0 aromatic heterocycles. The van der Waals surface area contributed by atoms with E-state index in [9.17, 15) is 9.59 Å². The molecule has 0 radical (unpaired) electrons. The Labute approximate surface area is 103 Å². The average Bonchev–Trinajstić information content (AvgIpc) is 2.27. The Morgan fingerprint density at radius 1 is 0.765 bits per heavy atom. The summed E-state index contributed by atoms with van der Waals surface area (Å²) < 4.78 is 0. The van der Waals surface area contributed by atoms with Gasteiger partial charge in [0.05, 0.1) is 11.1 Å². The summed E-state index contributed by atoms with van der Waals surface area (Å²) >= 11 is 0. The quantitative estimate of drug-likeness (QED) is 0.862. The zero-order valence-electron chi connectivity index (χ0n) is 8.58. The Hall–Kier alpha value is -2.07. The Kier molecular flexibility index (Phi) is 3.70. The Morgan fingerprint density at radius 3 is 1.41 bits per heavy atom. The van der Waals surface area contributed by atoms with E-state index in [4.69, 9.17) is 10.2 Å². The standard InChI is InChI=1S/C12H8O4.ClH/c13-11(14)9-5-6-10(12(15)16)8-4-2-1-3-7(8)9;/h1-6H,(H,13,14)(H,15,16);1H. The molecule has 88 valence electrons. The second-order valence-corrected chi connectivity index (χ2v) is 3.32. The topological polar surface area (TPSA) is 74.6 Å². The molecule has 2 aromatic carbocycles. The molecule has 0 saturated carbocycles. The van der Waals surface area contributed by atoms with E-state index in [-0.39, 0.29) is 23.5 Å². The third-order valence-corrected chi connectivity index (χ3v) is 2.38. The van der Waals surface area contributed by atoms with E-state index in [0.717, 1.165) is 0 Å². The van der Waals surface area contributed by atoms with Crippen molar-refractivity contribution in [2.24, 2.45) is 0 Å². The van der Waals surface area contributed by atoms with Crippen LogP contribution in [0, 0.1) is 0 Å². The molecular formula is C12H9ClO4. The van der Waals surface area contributed by atoms with Crippen molar-refractivity contribution < 1.29 is 19.8 Å². The molecule has 4 nitrogen and oxygen atoms in total. The first-order valence-corrected chi connectivity index (χ1v) is 4.59. The number of carbonyl (C=O) groups is 2. The molecule has 0 atom stereocenters. The van der Waals surface area contributed by atoms with Gasteiger partial charge in [-0.15, -0.1) is 12.4 Å². The van der Waals surface area contributed by atoms with E-state index in [1.165, 1.54) is 12.1 Å². The van der Waals surface area contributed by atoms with Gasteiger partial charge in [-0.2, -0.15) is 0 Å². The molecule has 0 fully saturated rings. The van der Waals surface area contributed by atoms with Crippen molar-refractivity contribution in [3.63, 3.8) is 0 Å². The summed E-state index contributed by atoms with van der Waals surface area (Å²) in [5, 5.41) is 18.8. The van der Waals surface area contributed by atoms with E-state index in [1.54, 1.807) is 24.3 Å². The fraction of sp³-hybridized carbons (Fsp3) is 0. The maximum Gasteiger partial charge on any atom is 0.336 e. The molecule has 0 heterocycles. The third-order valence-electron chi connectivity index (χ3n) is 2.38. The van der Waals surface area contributed by atoms with Crippen LogP contribution < -0.4 is 0 Å². The van der Waals surface area contributed by atoms with E-state index in [2.05, 4.69) is 0 Å². The number of hydrogen-bond acceptors (Lipinski definition) is 2. The minimum Gasteiger partial charge on any atom is -0.478 e. The van der Waals surface area contributed by atoms with Crippen LogP contribution in [0.25, 0.3) is 10.8 Å². The highest BCUT2D eigenvalue weighted by Crippen LogP contribution is 2.22. The highest BCUT2D eigenvalue weighted by molar-refractivity contribution is 6.10. The van der Waals surface area contributed by atoms with Crippen molar-refractivity contribution in [2.45, 2.75) is 0 Å². The summed E-state index contributed by atoms with van der Waals surface area (Å²) in [6, 6.07) is 9.19. The molecule has 17 heavy (non-hydrogen) atoms. The summed E-state index contributed by atoms with van der Waals surface area (Å²) in [5.74, 6) is -2.12. The zero-order chi connectivity index (χ0) is 11.7. The van der Waals surface area contributed by atoms with Crippen LogP contribution in [0.3, 0.4) is 0 Å². The van der Waals surface area contributed by atoms with E-state index >= 15 is 0 Å². The Balaban J connectivity index is 0.00000144. The van der Waals surface area contributed by atoms with Crippen molar-refractivity contribution in [3.8, 4) is 0 Å². The first kappa shape index (κ1) is 13.0. The largest absolute Gasteiger partial charge is 0.478 e. The number of aromatic carboxylic acids is 2. The summed E-state index contributed by atoms with van der Waals surface area (Å²) in [6.45, 7) is 0. The summed E-state index contributed by atoms with van der Waals surface area (Å²) in [6.07, 6.45) is 0. The van der Waals surface area contributed by atoms with Crippen LogP contribution in [-0.2, 0) is 0 Å². The van der Waals surface area contributed by atoms with E-state index < -0.39 is 11.9 Å². The second kappa shape index (κ2) is 4.84. The van der Waals surface area contributed by atoms with Gasteiger partial charge in [-0.25, -0.2) is 9.59 Å². The number of rotatable bonds is 2. The van der Waals surface area contributed by atoms with Gasteiger partial charge in [-0.1, -0.05) is 24.3 Å². The molecule has 5 heteroatoms. The van der Waals surface area contributed by atoms with Crippen molar-refractivity contribution >= 4 is 35.1 Å². The van der Waals surface area contributed by atoms with Gasteiger partial charge in [0.25, 0.3) is 0 Å². The fourth-order valence-corrected chi connectivity index (χ4v) is 1.67. The van der Waals surface area contributed by atoms with Gasteiger partial charge in [0.1, 0.15) is 0 Å². The lowest BCUT2D eigenvalue weighted by molar-refractivity contribution is 0.0684. The van der Waals surface area contributed by atoms with Crippen LogP contribution in [0.15, 0.2) is 36.4 Å². The van der Waals surface area contributed by atoms with Crippen LogP contribution in [-0.4, -0.2) is 22.2 Å². The summed E-state index contributed by atoms with van der Waals surface area (Å²) in [4.78, 5) is 21.9. The maximum absolute atomic E-state index is 10.9. The molecule has 0 amide bonds. The van der Waals surface area contributed by atoms with E-state index in [1.807, 2.05) is 0 Å². The first-order chi connectivity index (χ1) is 7.61. The summed E-state index contributed by atoms with van der Waals surface area (Å²) in [5.41, 5.74) is 0.223. The number of hydrogen-bond donors (Lipinski definition) is 2. The van der Waals surface area contributed by atoms with Crippen LogP contribution in [0.5, 0.6) is 0 Å². The Bertz CT molecular complexity index is 540. The van der Waals surface area contributed by atoms with Gasteiger partial charge >= 0.3 is 11.9 Å². The molecule has 0 aliphatic rings. The van der Waals surface area contributed by atoms with Gasteiger partial charge in [0, 0.05) is 0 Å². The molecule has 0 spiro atoms. The average molecular weight is 253 g/mol. The predicted molar refractivity (Wildman–Crippen MR) is 65.1 cm³/mol. The lowest BCUT2D eigenvalue weighted by Gasteiger charge is -2.05. The highest BCUT2D eigenvalue weighted by atomic mass is 35.5. The predicted octanol–water partition coefficient (Wildman–Crippen LogP) is 2.66. The lowest BCUT2D eigenvalue weighted by atomic mass is 10.00. The number of fused-ring (bicyclic) bond motifs is 1. The fourth-order valence-electron chi connectivity index (χ4n) is 1.67. The molecule has 2 rings (SSSR count). The van der Waals surface area contributed by atoms with Gasteiger partial charge in [-0.05, 0) is 22.9 Å². The van der Waals surface area contributed by atoms with Gasteiger partial charge < -0.3 is 10.2 Å². The van der Waals surface area contributed by atoms with Crippen molar-refractivity contribution in [2.75, 3.05) is 0 Å². The minimum atomic E-state index is -1.06. The van der Waals surface area contributed by atoms with Crippen LogP contribution in [0.4, 0.5) is 0 Å². The normalized spacial score (nSPS) is 9.65. The van der Waals surface area contributed by atoms with Crippen LogP contribution >= 0.6 is 12.4 Å². The van der Waals surface area contributed by atoms with E-state index in [0.29, 0.717) is 10.8 Å². The third kappa shape index (κ3) is 2.21. The number of benzene rings is 2.